The zero-order chi connectivity index (χ0) is 19.4. The first kappa shape index (κ1) is 18.7. The maximum Gasteiger partial charge on any atom is 0.280 e. The number of methoxy groups -OCH3 is 1. The van der Waals surface area contributed by atoms with Crippen molar-refractivity contribution in [3.05, 3.63) is 75.8 Å². The van der Waals surface area contributed by atoms with Crippen molar-refractivity contribution in [3.8, 4) is 0 Å². The predicted octanol–water partition coefficient (Wildman–Crippen LogP) is 2.52. The van der Waals surface area contributed by atoms with Gasteiger partial charge in [0.05, 0.1) is 10.9 Å². The molecular weight excluding hydrogens is 356 g/mol. The second kappa shape index (κ2) is 8.05. The number of aryl methyl sites for hydroxylation is 1. The molecule has 0 atom stereocenters. The van der Waals surface area contributed by atoms with E-state index in [9.17, 15) is 18.4 Å². The molecule has 0 aliphatic carbocycles. The minimum absolute atomic E-state index is 0.0454. The number of hydrogen-bond donors (Lipinski definition) is 1. The minimum atomic E-state index is -0.536. The first-order valence-electron chi connectivity index (χ1n) is 8.22. The molecular formula is C19H17F2N3O3. The molecule has 1 N–H and O–H groups in total. The average Bonchev–Trinajstić information content (AvgIpc) is 2.63. The molecule has 2 aromatic carbocycles. The monoisotopic (exact) mass is 373 g/mol. The topological polar surface area (TPSA) is 73.2 Å². The fraction of sp³-hybridized carbons (Fsp3) is 0.211. The van der Waals surface area contributed by atoms with E-state index in [-0.39, 0.29) is 35.6 Å². The molecule has 27 heavy (non-hydrogen) atoms. The summed E-state index contributed by atoms with van der Waals surface area (Å²) in [5.41, 5.74) is 2.80. The van der Waals surface area contributed by atoms with Crippen molar-refractivity contribution in [2.45, 2.75) is 19.4 Å². The molecule has 1 amide bonds. The quantitative estimate of drug-likeness (QED) is 0.721. The van der Waals surface area contributed by atoms with E-state index >= 15 is 0 Å². The normalized spacial score (nSPS) is 10.9. The van der Waals surface area contributed by atoms with Crippen molar-refractivity contribution in [1.82, 2.24) is 9.66 Å². The first-order valence-corrected chi connectivity index (χ1v) is 8.22. The summed E-state index contributed by atoms with van der Waals surface area (Å²) in [6.45, 7) is -0.0497. The van der Waals surface area contributed by atoms with Crippen LogP contribution < -0.4 is 11.0 Å². The maximum absolute atomic E-state index is 13.4. The number of benzene rings is 2. The van der Waals surface area contributed by atoms with Gasteiger partial charge in [0.2, 0.25) is 5.91 Å². The van der Waals surface area contributed by atoms with E-state index in [1.54, 1.807) is 12.1 Å². The van der Waals surface area contributed by atoms with Crippen LogP contribution in [0.3, 0.4) is 0 Å². The van der Waals surface area contributed by atoms with E-state index in [1.165, 1.54) is 25.3 Å². The molecule has 0 saturated carbocycles. The molecule has 0 unspecified atom stereocenters. The smallest absolute Gasteiger partial charge is 0.280 e. The van der Waals surface area contributed by atoms with Crippen LogP contribution in [0, 0.1) is 11.6 Å². The molecule has 0 spiro atoms. The van der Waals surface area contributed by atoms with Gasteiger partial charge in [-0.3, -0.25) is 15.0 Å². The average molecular weight is 373 g/mol. The number of nitrogens with zero attached hydrogens (tertiary/aromatic N) is 2. The Hall–Kier alpha value is -3.13. The molecule has 0 aliphatic heterocycles. The highest BCUT2D eigenvalue weighted by Crippen LogP contribution is 2.11. The molecule has 1 aromatic heterocycles. The summed E-state index contributed by atoms with van der Waals surface area (Å²) in [4.78, 5) is 29.2. The van der Waals surface area contributed by atoms with E-state index < -0.39 is 17.3 Å². The van der Waals surface area contributed by atoms with Crippen molar-refractivity contribution in [2.75, 3.05) is 12.5 Å². The van der Waals surface area contributed by atoms with Gasteiger partial charge < -0.3 is 4.74 Å². The Kier molecular flexibility index (Phi) is 5.56. The van der Waals surface area contributed by atoms with Gasteiger partial charge >= 0.3 is 0 Å². The SMILES string of the molecule is COCc1nc2cc(F)ccc2c(=O)n1NC(=O)CCc1cccc(F)c1. The fourth-order valence-corrected chi connectivity index (χ4v) is 2.68. The molecule has 1 heterocycles. The van der Waals surface area contributed by atoms with Crippen molar-refractivity contribution >= 4 is 16.8 Å². The zero-order valence-electron chi connectivity index (χ0n) is 14.5. The second-order valence-electron chi connectivity index (χ2n) is 5.93. The highest BCUT2D eigenvalue weighted by molar-refractivity contribution is 5.84. The zero-order valence-corrected chi connectivity index (χ0v) is 14.5. The lowest BCUT2D eigenvalue weighted by Crippen LogP contribution is -2.36. The predicted molar refractivity (Wildman–Crippen MR) is 95.8 cm³/mol. The van der Waals surface area contributed by atoms with Crippen molar-refractivity contribution < 1.29 is 18.3 Å². The van der Waals surface area contributed by atoms with Gasteiger partial charge in [0.25, 0.3) is 5.56 Å². The summed E-state index contributed by atoms with van der Waals surface area (Å²) < 4.78 is 32.6. The molecule has 6 nitrogen and oxygen atoms in total. The van der Waals surface area contributed by atoms with Gasteiger partial charge in [-0.15, -0.1) is 0 Å². The summed E-state index contributed by atoms with van der Waals surface area (Å²) in [5, 5.41) is 0.168. The highest BCUT2D eigenvalue weighted by atomic mass is 19.1. The molecule has 0 aliphatic rings. The van der Waals surface area contributed by atoms with Gasteiger partial charge in [0.1, 0.15) is 18.2 Å². The number of amides is 1. The van der Waals surface area contributed by atoms with Crippen LogP contribution in [0.5, 0.6) is 0 Å². The minimum Gasteiger partial charge on any atom is -0.377 e. The number of ether oxygens (including phenoxy) is 1. The number of hydrogen-bond acceptors (Lipinski definition) is 4. The number of aromatic nitrogens is 2. The van der Waals surface area contributed by atoms with Gasteiger partial charge in [-0.2, -0.15) is 4.68 Å². The lowest BCUT2D eigenvalue weighted by atomic mass is 10.1. The van der Waals surface area contributed by atoms with Crippen LogP contribution in [0.25, 0.3) is 10.9 Å². The van der Waals surface area contributed by atoms with Gasteiger partial charge in [-0.05, 0) is 36.2 Å². The van der Waals surface area contributed by atoms with E-state index in [2.05, 4.69) is 10.4 Å². The van der Waals surface area contributed by atoms with Crippen LogP contribution in [-0.2, 0) is 22.6 Å². The molecule has 0 bridgehead atoms. The standard InChI is InChI=1S/C19H17F2N3O3/c1-27-11-17-22-16-10-14(21)6-7-15(16)19(26)24(17)23-18(25)8-5-12-3-2-4-13(20)9-12/h2-4,6-7,9-10H,5,8,11H2,1H3,(H,23,25). The Morgan fingerprint density at radius 2 is 1.96 bits per heavy atom. The number of halogens is 2. The molecule has 8 heteroatoms. The van der Waals surface area contributed by atoms with E-state index in [4.69, 9.17) is 4.74 Å². The number of fused-ring (bicyclic) bond motifs is 1. The first-order chi connectivity index (χ1) is 13.0. The third kappa shape index (κ3) is 4.35. The second-order valence-corrected chi connectivity index (χ2v) is 5.93. The summed E-state index contributed by atoms with van der Waals surface area (Å²) in [7, 11) is 1.41. The number of rotatable bonds is 6. The van der Waals surface area contributed by atoms with Crippen LogP contribution in [0.4, 0.5) is 8.78 Å². The Morgan fingerprint density at radius 1 is 1.19 bits per heavy atom. The van der Waals surface area contributed by atoms with Gasteiger partial charge in [0, 0.05) is 19.6 Å². The Labute approximate surface area is 153 Å². The lowest BCUT2D eigenvalue weighted by molar-refractivity contribution is -0.117. The largest absolute Gasteiger partial charge is 0.377 e. The van der Waals surface area contributed by atoms with Crippen molar-refractivity contribution in [1.29, 1.82) is 0 Å². The lowest BCUT2D eigenvalue weighted by Gasteiger charge is -2.14. The van der Waals surface area contributed by atoms with Gasteiger partial charge in [-0.25, -0.2) is 13.8 Å². The van der Waals surface area contributed by atoms with Gasteiger partial charge in [-0.1, -0.05) is 12.1 Å². The fourth-order valence-electron chi connectivity index (χ4n) is 2.68. The van der Waals surface area contributed by atoms with Crippen LogP contribution >= 0.6 is 0 Å². The van der Waals surface area contributed by atoms with E-state index in [0.717, 1.165) is 16.8 Å². The molecule has 0 fully saturated rings. The molecule has 3 rings (SSSR count). The Bertz CT molecular complexity index is 1050. The van der Waals surface area contributed by atoms with Crippen molar-refractivity contribution in [3.63, 3.8) is 0 Å². The molecule has 3 aromatic rings. The third-order valence-electron chi connectivity index (χ3n) is 3.94. The number of carbonyl (C=O) groups is 1. The van der Waals surface area contributed by atoms with E-state index in [0.29, 0.717) is 12.0 Å². The van der Waals surface area contributed by atoms with E-state index in [1.807, 2.05) is 0 Å². The Morgan fingerprint density at radius 3 is 2.70 bits per heavy atom. The number of carbonyl (C=O) groups excluding carboxylic acids is 1. The Balaban J connectivity index is 1.85. The summed E-state index contributed by atoms with van der Waals surface area (Å²) in [6.07, 6.45) is 0.355. The highest BCUT2D eigenvalue weighted by Gasteiger charge is 2.14. The van der Waals surface area contributed by atoms with Crippen LogP contribution in [-0.4, -0.2) is 22.7 Å². The summed E-state index contributed by atoms with van der Waals surface area (Å²) in [5.74, 6) is -1.20. The van der Waals surface area contributed by atoms with Crippen molar-refractivity contribution in [2.24, 2.45) is 0 Å². The summed E-state index contributed by atoms with van der Waals surface area (Å²) in [6, 6.07) is 9.56. The van der Waals surface area contributed by atoms with Crippen LogP contribution in [0.15, 0.2) is 47.3 Å². The molecule has 140 valence electrons. The molecule has 0 radical (unpaired) electrons. The van der Waals surface area contributed by atoms with Crippen LogP contribution in [0.2, 0.25) is 0 Å². The number of nitrogens with one attached hydrogen (secondary N) is 1. The molecule has 0 saturated heterocycles. The maximum atomic E-state index is 13.4. The summed E-state index contributed by atoms with van der Waals surface area (Å²) >= 11 is 0. The van der Waals surface area contributed by atoms with Crippen LogP contribution in [0.1, 0.15) is 17.8 Å². The van der Waals surface area contributed by atoms with Gasteiger partial charge in [0.15, 0.2) is 5.82 Å². The third-order valence-corrected chi connectivity index (χ3v) is 3.94.